The molecule has 0 aromatic rings. The second kappa shape index (κ2) is 3.85. The zero-order chi connectivity index (χ0) is 10.0. The standard InChI is InChI=1S/C10H16N2O2/c11-7-10(3-1-2-4-12-10)8-5-14-6-9(8)13/h8-9,12-13H,1-6H2. The van der Waals surface area contributed by atoms with Gasteiger partial charge in [0.1, 0.15) is 5.54 Å². The van der Waals surface area contributed by atoms with Gasteiger partial charge in [-0.15, -0.1) is 0 Å². The second-order valence-electron chi connectivity index (χ2n) is 4.18. The molecule has 2 heterocycles. The van der Waals surface area contributed by atoms with Gasteiger partial charge in [-0.05, 0) is 25.8 Å². The lowest BCUT2D eigenvalue weighted by Gasteiger charge is -2.37. The molecule has 0 aromatic heterocycles. The maximum absolute atomic E-state index is 9.72. The Morgan fingerprint density at radius 2 is 2.29 bits per heavy atom. The van der Waals surface area contributed by atoms with Gasteiger partial charge >= 0.3 is 0 Å². The summed E-state index contributed by atoms with van der Waals surface area (Å²) in [6, 6.07) is 2.34. The molecule has 2 saturated heterocycles. The SMILES string of the molecule is N#CC1(C2COCC2O)CCCCN1. The molecular weight excluding hydrogens is 180 g/mol. The van der Waals surface area contributed by atoms with E-state index < -0.39 is 11.6 Å². The number of piperidine rings is 1. The Bertz CT molecular complexity index is 243. The summed E-state index contributed by atoms with van der Waals surface area (Å²) in [5.41, 5.74) is -0.547. The van der Waals surface area contributed by atoms with E-state index in [1.54, 1.807) is 0 Å². The molecule has 0 amide bonds. The van der Waals surface area contributed by atoms with Crippen molar-refractivity contribution >= 4 is 0 Å². The molecule has 0 aromatic carbocycles. The number of nitrogens with zero attached hydrogens (tertiary/aromatic N) is 1. The van der Waals surface area contributed by atoms with Crippen LogP contribution in [-0.2, 0) is 4.74 Å². The average molecular weight is 196 g/mol. The van der Waals surface area contributed by atoms with Gasteiger partial charge in [0.15, 0.2) is 0 Å². The highest BCUT2D eigenvalue weighted by atomic mass is 16.5. The fourth-order valence-corrected chi connectivity index (χ4v) is 2.44. The van der Waals surface area contributed by atoms with Gasteiger partial charge in [0, 0.05) is 5.92 Å². The Morgan fingerprint density at radius 3 is 2.79 bits per heavy atom. The number of aliphatic hydroxyl groups is 1. The molecule has 0 saturated carbocycles. The van der Waals surface area contributed by atoms with Crippen molar-refractivity contribution in [3.05, 3.63) is 0 Å². The summed E-state index contributed by atoms with van der Waals surface area (Å²) < 4.78 is 5.21. The first kappa shape index (κ1) is 9.91. The van der Waals surface area contributed by atoms with Crippen LogP contribution in [0.2, 0.25) is 0 Å². The molecule has 0 radical (unpaired) electrons. The molecule has 0 bridgehead atoms. The monoisotopic (exact) mass is 196 g/mol. The zero-order valence-corrected chi connectivity index (χ0v) is 8.20. The predicted octanol–water partition coefficient (Wildman–Crippen LogP) is 0.0296. The molecule has 2 N–H and O–H groups in total. The Balaban J connectivity index is 2.14. The van der Waals surface area contributed by atoms with E-state index >= 15 is 0 Å². The van der Waals surface area contributed by atoms with Crippen molar-refractivity contribution in [2.24, 2.45) is 5.92 Å². The highest BCUT2D eigenvalue weighted by molar-refractivity contribution is 5.14. The van der Waals surface area contributed by atoms with Crippen LogP contribution < -0.4 is 5.32 Å². The number of aliphatic hydroxyl groups excluding tert-OH is 1. The average Bonchev–Trinajstić information content (AvgIpc) is 2.66. The molecule has 4 nitrogen and oxygen atoms in total. The van der Waals surface area contributed by atoms with Gasteiger partial charge in [-0.2, -0.15) is 5.26 Å². The lowest BCUT2D eigenvalue weighted by atomic mass is 9.77. The minimum absolute atomic E-state index is 0.0622. The van der Waals surface area contributed by atoms with Gasteiger partial charge in [0.2, 0.25) is 0 Å². The third-order valence-electron chi connectivity index (χ3n) is 3.32. The molecule has 0 aliphatic carbocycles. The summed E-state index contributed by atoms with van der Waals surface area (Å²) in [6.07, 6.45) is 2.52. The summed E-state index contributed by atoms with van der Waals surface area (Å²) in [7, 11) is 0. The summed E-state index contributed by atoms with van der Waals surface area (Å²) in [4.78, 5) is 0. The Hall–Kier alpha value is -0.630. The van der Waals surface area contributed by atoms with Crippen LogP contribution in [0.4, 0.5) is 0 Å². The maximum Gasteiger partial charge on any atom is 0.114 e. The van der Waals surface area contributed by atoms with Gasteiger partial charge in [-0.3, -0.25) is 5.32 Å². The van der Waals surface area contributed by atoms with Gasteiger partial charge in [-0.1, -0.05) is 0 Å². The molecule has 2 rings (SSSR count). The third kappa shape index (κ3) is 1.52. The van der Waals surface area contributed by atoms with Crippen molar-refractivity contribution in [1.29, 1.82) is 5.26 Å². The molecule has 2 aliphatic rings. The van der Waals surface area contributed by atoms with E-state index in [0.29, 0.717) is 13.2 Å². The number of rotatable bonds is 1. The molecule has 3 unspecified atom stereocenters. The Kier molecular flexibility index (Phi) is 2.73. The fourth-order valence-electron chi connectivity index (χ4n) is 2.44. The van der Waals surface area contributed by atoms with Crippen LogP contribution in [0.15, 0.2) is 0 Å². The number of nitrogens with one attached hydrogen (secondary N) is 1. The van der Waals surface area contributed by atoms with E-state index in [2.05, 4.69) is 11.4 Å². The Labute approximate surface area is 83.9 Å². The minimum Gasteiger partial charge on any atom is -0.390 e. The van der Waals surface area contributed by atoms with Crippen molar-refractivity contribution in [3.8, 4) is 6.07 Å². The van der Waals surface area contributed by atoms with Gasteiger partial charge in [0.05, 0.1) is 25.4 Å². The first-order valence-electron chi connectivity index (χ1n) is 5.20. The zero-order valence-electron chi connectivity index (χ0n) is 8.20. The number of ether oxygens (including phenoxy) is 1. The van der Waals surface area contributed by atoms with Gasteiger partial charge in [0.25, 0.3) is 0 Å². The highest BCUT2D eigenvalue weighted by Crippen LogP contribution is 2.32. The molecule has 0 spiro atoms. The van der Waals surface area contributed by atoms with Gasteiger partial charge in [-0.25, -0.2) is 0 Å². The van der Waals surface area contributed by atoms with E-state index in [-0.39, 0.29) is 5.92 Å². The first-order valence-corrected chi connectivity index (χ1v) is 5.20. The van der Waals surface area contributed by atoms with Crippen LogP contribution in [0.3, 0.4) is 0 Å². The predicted molar refractivity (Wildman–Crippen MR) is 50.5 cm³/mol. The molecule has 3 atom stereocenters. The largest absolute Gasteiger partial charge is 0.390 e. The van der Waals surface area contributed by atoms with Crippen LogP contribution in [0.1, 0.15) is 19.3 Å². The van der Waals surface area contributed by atoms with Crippen molar-refractivity contribution in [2.45, 2.75) is 30.9 Å². The number of hydrogen-bond donors (Lipinski definition) is 2. The third-order valence-corrected chi connectivity index (χ3v) is 3.32. The van der Waals surface area contributed by atoms with Crippen molar-refractivity contribution in [1.82, 2.24) is 5.32 Å². The smallest absolute Gasteiger partial charge is 0.114 e. The molecular formula is C10H16N2O2. The molecule has 14 heavy (non-hydrogen) atoms. The van der Waals surface area contributed by atoms with Crippen LogP contribution in [0.25, 0.3) is 0 Å². The molecule has 2 fully saturated rings. The van der Waals surface area contributed by atoms with Crippen molar-refractivity contribution in [2.75, 3.05) is 19.8 Å². The number of nitriles is 1. The van der Waals surface area contributed by atoms with Crippen LogP contribution >= 0.6 is 0 Å². The molecule has 4 heteroatoms. The normalized spacial score (nSPS) is 43.4. The first-order chi connectivity index (χ1) is 6.78. The summed E-state index contributed by atoms with van der Waals surface area (Å²) in [6.45, 7) is 1.74. The van der Waals surface area contributed by atoms with Crippen LogP contribution in [0.5, 0.6) is 0 Å². The Morgan fingerprint density at radius 1 is 1.43 bits per heavy atom. The topological polar surface area (TPSA) is 65.3 Å². The van der Waals surface area contributed by atoms with E-state index in [1.807, 2.05) is 0 Å². The minimum atomic E-state index is -0.547. The molecule has 78 valence electrons. The molecule has 2 aliphatic heterocycles. The lowest BCUT2D eigenvalue weighted by molar-refractivity contribution is 0.0876. The maximum atomic E-state index is 9.72. The van der Waals surface area contributed by atoms with E-state index in [1.165, 1.54) is 0 Å². The number of hydrogen-bond acceptors (Lipinski definition) is 4. The van der Waals surface area contributed by atoms with Crippen LogP contribution in [-0.4, -0.2) is 36.5 Å². The van der Waals surface area contributed by atoms with E-state index in [9.17, 15) is 10.4 Å². The van der Waals surface area contributed by atoms with Gasteiger partial charge < -0.3 is 9.84 Å². The lowest BCUT2D eigenvalue weighted by Crippen LogP contribution is -2.56. The van der Waals surface area contributed by atoms with E-state index in [4.69, 9.17) is 4.74 Å². The second-order valence-corrected chi connectivity index (χ2v) is 4.18. The summed E-state index contributed by atoms with van der Waals surface area (Å²) in [5, 5.41) is 22.2. The summed E-state index contributed by atoms with van der Waals surface area (Å²) in [5.74, 6) is -0.0622. The van der Waals surface area contributed by atoms with E-state index in [0.717, 1.165) is 25.8 Å². The van der Waals surface area contributed by atoms with Crippen molar-refractivity contribution in [3.63, 3.8) is 0 Å². The van der Waals surface area contributed by atoms with Crippen LogP contribution in [0, 0.1) is 17.2 Å². The highest BCUT2D eigenvalue weighted by Gasteiger charge is 2.46. The quantitative estimate of drug-likeness (QED) is 0.621. The fraction of sp³-hybridized carbons (Fsp3) is 0.900. The van der Waals surface area contributed by atoms with Crippen molar-refractivity contribution < 1.29 is 9.84 Å². The summed E-state index contributed by atoms with van der Waals surface area (Å²) >= 11 is 0.